The number of ether oxygens (including phenoxy) is 3. The predicted molar refractivity (Wildman–Crippen MR) is 175 cm³/mol. The molecule has 1 aliphatic rings. The molecule has 1 N–H and O–H groups in total. The summed E-state index contributed by atoms with van der Waals surface area (Å²) in [6.07, 6.45) is 0.820. The first-order valence-corrected chi connectivity index (χ1v) is 15.6. The lowest BCUT2D eigenvalue weighted by atomic mass is 9.95. The Labute approximate surface area is 265 Å². The third-order valence-corrected chi connectivity index (χ3v) is 8.35. The number of carbonyl (C=O) groups excluding carboxylic acids is 2. The number of Topliss-reactive ketones (excluding diaryl/α,β-unsaturated/α-hetero) is 1. The Morgan fingerprint density at radius 2 is 1.60 bits per heavy atom. The molecule has 8 nitrogen and oxygen atoms in total. The van der Waals surface area contributed by atoms with Gasteiger partial charge in [0, 0.05) is 5.56 Å². The van der Waals surface area contributed by atoms with Crippen molar-refractivity contribution >= 4 is 44.1 Å². The van der Waals surface area contributed by atoms with Crippen molar-refractivity contribution in [3.05, 3.63) is 119 Å². The highest BCUT2D eigenvalue weighted by atomic mass is 32.1. The number of rotatable bonds is 11. The van der Waals surface area contributed by atoms with Gasteiger partial charge in [0.1, 0.15) is 29.6 Å². The van der Waals surface area contributed by atoms with Crippen LogP contribution in [0.1, 0.15) is 43.0 Å². The summed E-state index contributed by atoms with van der Waals surface area (Å²) in [7, 11) is 0. The molecule has 228 valence electrons. The van der Waals surface area contributed by atoms with Crippen molar-refractivity contribution in [3.8, 4) is 17.2 Å². The molecule has 5 aromatic rings. The van der Waals surface area contributed by atoms with E-state index in [-0.39, 0.29) is 11.3 Å². The SMILES string of the molecule is CCCOc1cccc(/C(O)=C2\C(=O)C(=O)N(c3nc4ccc(OCC)cc4s3)C2c2ccc(OCc3ccccc3)cc2)c1. The molecule has 0 radical (unpaired) electrons. The molecule has 1 atom stereocenters. The molecule has 1 aliphatic heterocycles. The summed E-state index contributed by atoms with van der Waals surface area (Å²) >= 11 is 1.28. The molecular weight excluding hydrogens is 588 g/mol. The molecule has 0 aliphatic carbocycles. The van der Waals surface area contributed by atoms with Crippen molar-refractivity contribution in [3.63, 3.8) is 0 Å². The number of aliphatic hydroxyl groups excluding tert-OH is 1. The minimum Gasteiger partial charge on any atom is -0.507 e. The summed E-state index contributed by atoms with van der Waals surface area (Å²) in [6.45, 7) is 5.33. The van der Waals surface area contributed by atoms with Crippen LogP contribution in [-0.4, -0.2) is 35.0 Å². The average molecular weight is 621 g/mol. The highest BCUT2D eigenvalue weighted by Gasteiger charge is 2.48. The highest BCUT2D eigenvalue weighted by molar-refractivity contribution is 7.22. The highest BCUT2D eigenvalue weighted by Crippen LogP contribution is 2.45. The Balaban J connectivity index is 1.42. The van der Waals surface area contributed by atoms with Crippen LogP contribution >= 0.6 is 11.3 Å². The number of carbonyl (C=O) groups is 2. The van der Waals surface area contributed by atoms with Crippen LogP contribution < -0.4 is 19.1 Å². The average Bonchev–Trinajstić information content (AvgIpc) is 3.60. The van der Waals surface area contributed by atoms with E-state index in [1.807, 2.05) is 62.4 Å². The summed E-state index contributed by atoms with van der Waals surface area (Å²) in [5.74, 6) is 0.0260. The number of hydrogen-bond donors (Lipinski definition) is 1. The van der Waals surface area contributed by atoms with Crippen molar-refractivity contribution in [2.24, 2.45) is 0 Å². The van der Waals surface area contributed by atoms with E-state index in [9.17, 15) is 14.7 Å². The number of nitrogens with zero attached hydrogens (tertiary/aromatic N) is 2. The molecule has 0 bridgehead atoms. The Morgan fingerprint density at radius 3 is 2.36 bits per heavy atom. The molecule has 1 amide bonds. The van der Waals surface area contributed by atoms with Gasteiger partial charge in [0.15, 0.2) is 5.13 Å². The number of aliphatic hydroxyl groups is 1. The molecule has 6 rings (SSSR count). The van der Waals surface area contributed by atoms with Crippen LogP contribution in [0.15, 0.2) is 103 Å². The van der Waals surface area contributed by atoms with Crippen LogP contribution in [0.3, 0.4) is 0 Å². The van der Waals surface area contributed by atoms with Gasteiger partial charge in [-0.25, -0.2) is 4.98 Å². The molecule has 2 heterocycles. The van der Waals surface area contributed by atoms with Gasteiger partial charge in [-0.15, -0.1) is 0 Å². The molecular formula is C36H32N2O6S. The minimum atomic E-state index is -0.930. The second kappa shape index (κ2) is 13.2. The number of ketones is 1. The normalized spacial score (nSPS) is 15.9. The van der Waals surface area contributed by atoms with E-state index in [0.29, 0.717) is 58.8 Å². The molecule has 1 unspecified atom stereocenters. The van der Waals surface area contributed by atoms with Gasteiger partial charge in [-0.05, 0) is 66.9 Å². The Kier molecular flexibility index (Phi) is 8.79. The number of benzene rings is 4. The monoisotopic (exact) mass is 620 g/mol. The van der Waals surface area contributed by atoms with Crippen molar-refractivity contribution < 1.29 is 28.9 Å². The van der Waals surface area contributed by atoms with E-state index in [0.717, 1.165) is 16.7 Å². The van der Waals surface area contributed by atoms with E-state index < -0.39 is 17.7 Å². The maximum atomic E-state index is 13.7. The van der Waals surface area contributed by atoms with Crippen molar-refractivity contribution in [1.29, 1.82) is 0 Å². The molecule has 0 saturated carbocycles. The third kappa shape index (κ3) is 6.25. The fourth-order valence-corrected chi connectivity index (χ4v) is 6.21. The molecule has 1 fully saturated rings. The fourth-order valence-electron chi connectivity index (χ4n) is 5.19. The second-order valence-corrected chi connectivity index (χ2v) is 11.5. The number of anilines is 1. The maximum absolute atomic E-state index is 13.7. The first-order chi connectivity index (χ1) is 22.0. The van der Waals surface area contributed by atoms with Crippen LogP contribution in [0.4, 0.5) is 5.13 Å². The number of hydrogen-bond acceptors (Lipinski definition) is 8. The van der Waals surface area contributed by atoms with E-state index in [4.69, 9.17) is 19.2 Å². The summed E-state index contributed by atoms with van der Waals surface area (Å²) in [6, 6.07) is 28.5. The van der Waals surface area contributed by atoms with Crippen molar-refractivity contribution in [1.82, 2.24) is 4.98 Å². The summed E-state index contributed by atoms with van der Waals surface area (Å²) in [5.41, 5.74) is 2.67. The molecule has 4 aromatic carbocycles. The maximum Gasteiger partial charge on any atom is 0.301 e. The van der Waals surface area contributed by atoms with Gasteiger partial charge in [-0.2, -0.15) is 0 Å². The third-order valence-electron chi connectivity index (χ3n) is 7.33. The van der Waals surface area contributed by atoms with Gasteiger partial charge < -0.3 is 19.3 Å². The first-order valence-electron chi connectivity index (χ1n) is 14.8. The van der Waals surface area contributed by atoms with Crippen LogP contribution in [0.25, 0.3) is 16.0 Å². The van der Waals surface area contributed by atoms with Gasteiger partial charge in [0.25, 0.3) is 5.78 Å². The number of amides is 1. The van der Waals surface area contributed by atoms with E-state index >= 15 is 0 Å². The zero-order valence-electron chi connectivity index (χ0n) is 24.9. The van der Waals surface area contributed by atoms with Crippen LogP contribution in [0, 0.1) is 0 Å². The summed E-state index contributed by atoms with van der Waals surface area (Å²) < 4.78 is 18.2. The van der Waals surface area contributed by atoms with Gasteiger partial charge in [0.2, 0.25) is 0 Å². The smallest absolute Gasteiger partial charge is 0.301 e. The van der Waals surface area contributed by atoms with E-state index in [1.165, 1.54) is 16.2 Å². The van der Waals surface area contributed by atoms with Crippen molar-refractivity contribution in [2.45, 2.75) is 32.9 Å². The predicted octanol–water partition coefficient (Wildman–Crippen LogP) is 7.69. The molecule has 1 saturated heterocycles. The van der Waals surface area contributed by atoms with Crippen LogP contribution in [0.5, 0.6) is 17.2 Å². The fraction of sp³-hybridized carbons (Fsp3) is 0.194. The lowest BCUT2D eigenvalue weighted by molar-refractivity contribution is -0.132. The largest absolute Gasteiger partial charge is 0.507 e. The number of thiazole rings is 1. The summed E-state index contributed by atoms with van der Waals surface area (Å²) in [5, 5.41) is 12.0. The molecule has 1 aromatic heterocycles. The standard InChI is InChI=1S/C36H32N2O6S/c1-3-19-43-27-12-8-11-25(20-27)33(39)31-32(24-13-15-26(16-14-24)44-22-23-9-6-5-7-10-23)38(35(41)34(31)40)36-37-29-18-17-28(42-4-2)21-30(29)45-36/h5-18,20-21,32,39H,3-4,19,22H2,1-2H3/b33-31+. The molecule has 0 spiro atoms. The van der Waals surface area contributed by atoms with Gasteiger partial charge >= 0.3 is 5.91 Å². The summed E-state index contributed by atoms with van der Waals surface area (Å²) in [4.78, 5) is 33.5. The minimum absolute atomic E-state index is 0.0279. The zero-order chi connectivity index (χ0) is 31.3. The number of fused-ring (bicyclic) bond motifs is 1. The molecule has 9 heteroatoms. The van der Waals surface area contributed by atoms with Crippen molar-refractivity contribution in [2.75, 3.05) is 18.1 Å². The van der Waals surface area contributed by atoms with Crippen LogP contribution in [-0.2, 0) is 16.2 Å². The van der Waals surface area contributed by atoms with Gasteiger partial charge in [0.05, 0.1) is 35.0 Å². The molecule has 45 heavy (non-hydrogen) atoms. The first kappa shape index (κ1) is 29.9. The van der Waals surface area contributed by atoms with Crippen LogP contribution in [0.2, 0.25) is 0 Å². The Morgan fingerprint density at radius 1 is 0.844 bits per heavy atom. The lowest BCUT2D eigenvalue weighted by Crippen LogP contribution is -2.29. The van der Waals surface area contributed by atoms with Gasteiger partial charge in [-0.1, -0.05) is 72.9 Å². The lowest BCUT2D eigenvalue weighted by Gasteiger charge is -2.23. The van der Waals surface area contributed by atoms with E-state index in [1.54, 1.807) is 48.5 Å². The Bertz CT molecular complexity index is 1870. The van der Waals surface area contributed by atoms with E-state index in [2.05, 4.69) is 0 Å². The quantitative estimate of drug-likeness (QED) is 0.0918. The Hall–Kier alpha value is -5.15. The van der Waals surface area contributed by atoms with Gasteiger partial charge in [-0.3, -0.25) is 14.5 Å². The second-order valence-electron chi connectivity index (χ2n) is 10.4. The topological polar surface area (TPSA) is 98.2 Å². The zero-order valence-corrected chi connectivity index (χ0v) is 25.8. The number of aromatic nitrogens is 1.